The molecule has 1 amide bonds. The first-order chi connectivity index (χ1) is 8.56. The number of carbonyl (C=O) groups is 1. The Morgan fingerprint density at radius 3 is 2.67 bits per heavy atom. The van der Waals surface area contributed by atoms with Gasteiger partial charge in [-0.05, 0) is 30.7 Å². The molecule has 1 aromatic heterocycles. The molecule has 0 spiro atoms. The molecule has 92 valence electrons. The lowest BCUT2D eigenvalue weighted by atomic mass is 10.2. The molecule has 0 radical (unpaired) electrons. The van der Waals surface area contributed by atoms with Gasteiger partial charge in [0.1, 0.15) is 0 Å². The number of nitrogens with two attached hydrogens (primary N) is 2. The largest absolute Gasteiger partial charge is 0.437 e. The standard InChI is InChI=1S/C13H13N3O2/c1-8-2-4-10(14)11(6-8)18-12-5-3-9(7-16-12)13(15)17/h2-7H,14H2,1H3,(H2,15,17). The molecule has 0 saturated heterocycles. The fourth-order valence-corrected chi connectivity index (χ4v) is 1.43. The van der Waals surface area contributed by atoms with Crippen LogP contribution >= 0.6 is 0 Å². The van der Waals surface area contributed by atoms with Gasteiger partial charge < -0.3 is 16.2 Å². The van der Waals surface area contributed by atoms with Crippen molar-refractivity contribution in [1.29, 1.82) is 0 Å². The van der Waals surface area contributed by atoms with Crippen molar-refractivity contribution in [3.8, 4) is 11.6 Å². The highest BCUT2D eigenvalue weighted by Gasteiger charge is 2.05. The second-order valence-electron chi connectivity index (χ2n) is 3.89. The van der Waals surface area contributed by atoms with E-state index < -0.39 is 5.91 Å². The number of pyridine rings is 1. The lowest BCUT2D eigenvalue weighted by Crippen LogP contribution is -2.10. The number of nitrogens with zero attached hydrogens (tertiary/aromatic N) is 1. The lowest BCUT2D eigenvalue weighted by Gasteiger charge is -2.08. The summed E-state index contributed by atoms with van der Waals surface area (Å²) in [6.07, 6.45) is 1.36. The Morgan fingerprint density at radius 2 is 2.06 bits per heavy atom. The number of hydrogen-bond acceptors (Lipinski definition) is 4. The first kappa shape index (κ1) is 11.9. The number of primary amides is 1. The SMILES string of the molecule is Cc1ccc(N)c(Oc2ccc(C(N)=O)cn2)c1. The Labute approximate surface area is 104 Å². The fourth-order valence-electron chi connectivity index (χ4n) is 1.43. The van der Waals surface area contributed by atoms with Crippen molar-refractivity contribution < 1.29 is 9.53 Å². The minimum Gasteiger partial charge on any atom is -0.437 e. The molecule has 2 aromatic rings. The van der Waals surface area contributed by atoms with Crippen LogP contribution in [0.1, 0.15) is 15.9 Å². The van der Waals surface area contributed by atoms with E-state index >= 15 is 0 Å². The van der Waals surface area contributed by atoms with E-state index in [4.69, 9.17) is 16.2 Å². The van der Waals surface area contributed by atoms with Crippen molar-refractivity contribution in [3.05, 3.63) is 47.7 Å². The van der Waals surface area contributed by atoms with Gasteiger partial charge in [0.2, 0.25) is 11.8 Å². The van der Waals surface area contributed by atoms with Gasteiger partial charge in [-0.25, -0.2) is 4.98 Å². The number of aromatic nitrogens is 1. The van der Waals surface area contributed by atoms with Crippen molar-refractivity contribution in [2.45, 2.75) is 6.92 Å². The molecule has 0 aliphatic carbocycles. The van der Waals surface area contributed by atoms with Gasteiger partial charge >= 0.3 is 0 Å². The van der Waals surface area contributed by atoms with Gasteiger partial charge in [-0.2, -0.15) is 0 Å². The number of benzene rings is 1. The van der Waals surface area contributed by atoms with E-state index in [0.29, 0.717) is 22.9 Å². The molecule has 18 heavy (non-hydrogen) atoms. The Morgan fingerprint density at radius 1 is 1.28 bits per heavy atom. The Bertz CT molecular complexity index is 579. The van der Waals surface area contributed by atoms with Gasteiger partial charge in [0, 0.05) is 12.3 Å². The molecule has 0 aliphatic heterocycles. The zero-order valence-electron chi connectivity index (χ0n) is 9.88. The van der Waals surface area contributed by atoms with Crippen molar-refractivity contribution in [1.82, 2.24) is 4.98 Å². The highest BCUT2D eigenvalue weighted by molar-refractivity contribution is 5.92. The van der Waals surface area contributed by atoms with Gasteiger partial charge in [0.05, 0.1) is 11.3 Å². The van der Waals surface area contributed by atoms with Crippen LogP contribution in [0.3, 0.4) is 0 Å². The molecule has 1 heterocycles. The molecule has 0 unspecified atom stereocenters. The molecule has 0 bridgehead atoms. The van der Waals surface area contributed by atoms with E-state index in [1.165, 1.54) is 6.20 Å². The van der Waals surface area contributed by atoms with Crippen LogP contribution in [0.15, 0.2) is 36.5 Å². The highest BCUT2D eigenvalue weighted by atomic mass is 16.5. The van der Waals surface area contributed by atoms with Gasteiger partial charge in [-0.15, -0.1) is 0 Å². The van der Waals surface area contributed by atoms with Crippen LogP contribution in [0.4, 0.5) is 5.69 Å². The molecular formula is C13H13N3O2. The van der Waals surface area contributed by atoms with Crippen molar-refractivity contribution in [2.24, 2.45) is 5.73 Å². The highest BCUT2D eigenvalue weighted by Crippen LogP contribution is 2.27. The van der Waals surface area contributed by atoms with Gasteiger partial charge in [0.15, 0.2) is 5.75 Å². The molecule has 0 atom stereocenters. The van der Waals surface area contributed by atoms with Crippen molar-refractivity contribution >= 4 is 11.6 Å². The molecule has 5 heteroatoms. The number of ether oxygens (including phenoxy) is 1. The van der Waals surface area contributed by atoms with E-state index in [0.717, 1.165) is 5.56 Å². The summed E-state index contributed by atoms with van der Waals surface area (Å²) in [5.74, 6) is 0.371. The number of aryl methyl sites for hydroxylation is 1. The predicted octanol–water partition coefficient (Wildman–Crippen LogP) is 1.86. The molecule has 0 aliphatic rings. The number of anilines is 1. The lowest BCUT2D eigenvalue weighted by molar-refractivity contribution is 0.1000. The second kappa shape index (κ2) is 4.75. The van der Waals surface area contributed by atoms with E-state index in [1.54, 1.807) is 18.2 Å². The number of carbonyl (C=O) groups excluding carboxylic acids is 1. The van der Waals surface area contributed by atoms with E-state index in [9.17, 15) is 4.79 Å². The van der Waals surface area contributed by atoms with Crippen LogP contribution in [-0.4, -0.2) is 10.9 Å². The van der Waals surface area contributed by atoms with Crippen LogP contribution in [0.25, 0.3) is 0 Å². The summed E-state index contributed by atoms with van der Waals surface area (Å²) in [5.41, 5.74) is 12.8. The van der Waals surface area contributed by atoms with Crippen molar-refractivity contribution in [3.63, 3.8) is 0 Å². The predicted molar refractivity (Wildman–Crippen MR) is 68.4 cm³/mol. The number of rotatable bonds is 3. The van der Waals surface area contributed by atoms with E-state index in [-0.39, 0.29) is 0 Å². The van der Waals surface area contributed by atoms with E-state index in [2.05, 4.69) is 4.98 Å². The summed E-state index contributed by atoms with van der Waals surface area (Å²) >= 11 is 0. The third-order valence-electron chi connectivity index (χ3n) is 2.40. The average Bonchev–Trinajstić information content (AvgIpc) is 2.34. The van der Waals surface area contributed by atoms with Crippen LogP contribution in [0.5, 0.6) is 11.6 Å². The summed E-state index contributed by atoms with van der Waals surface area (Å²) < 4.78 is 5.54. The first-order valence-corrected chi connectivity index (χ1v) is 5.36. The smallest absolute Gasteiger partial charge is 0.250 e. The Balaban J connectivity index is 2.23. The topological polar surface area (TPSA) is 91.2 Å². The second-order valence-corrected chi connectivity index (χ2v) is 3.89. The first-order valence-electron chi connectivity index (χ1n) is 5.36. The fraction of sp³-hybridized carbons (Fsp3) is 0.0769. The summed E-state index contributed by atoms with van der Waals surface area (Å²) in [6, 6.07) is 8.60. The average molecular weight is 243 g/mol. The summed E-state index contributed by atoms with van der Waals surface area (Å²) in [7, 11) is 0. The van der Waals surface area contributed by atoms with E-state index in [1.807, 2.05) is 19.1 Å². The van der Waals surface area contributed by atoms with Gasteiger partial charge in [-0.3, -0.25) is 4.79 Å². The minimum atomic E-state index is -0.524. The number of amides is 1. The number of nitrogen functional groups attached to an aromatic ring is 1. The molecule has 1 aromatic carbocycles. The van der Waals surface area contributed by atoms with Crippen LogP contribution in [0.2, 0.25) is 0 Å². The quantitative estimate of drug-likeness (QED) is 0.805. The molecule has 2 rings (SSSR count). The monoisotopic (exact) mass is 243 g/mol. The molecule has 0 saturated carbocycles. The normalized spacial score (nSPS) is 10.1. The Kier molecular flexibility index (Phi) is 3.14. The maximum atomic E-state index is 10.9. The zero-order valence-corrected chi connectivity index (χ0v) is 9.88. The van der Waals surface area contributed by atoms with Crippen LogP contribution < -0.4 is 16.2 Å². The summed E-state index contributed by atoms with van der Waals surface area (Å²) in [4.78, 5) is 14.9. The molecular weight excluding hydrogens is 230 g/mol. The maximum Gasteiger partial charge on any atom is 0.250 e. The van der Waals surface area contributed by atoms with Gasteiger partial charge in [-0.1, -0.05) is 6.07 Å². The summed E-state index contributed by atoms with van der Waals surface area (Å²) in [6.45, 7) is 1.94. The summed E-state index contributed by atoms with van der Waals surface area (Å²) in [5, 5.41) is 0. The van der Waals surface area contributed by atoms with Gasteiger partial charge in [0.25, 0.3) is 0 Å². The van der Waals surface area contributed by atoms with Crippen LogP contribution in [0, 0.1) is 6.92 Å². The zero-order chi connectivity index (χ0) is 13.1. The molecule has 0 fully saturated rings. The molecule has 5 nitrogen and oxygen atoms in total. The minimum absolute atomic E-state index is 0.333. The third-order valence-corrected chi connectivity index (χ3v) is 2.40. The Hall–Kier alpha value is -2.56. The van der Waals surface area contributed by atoms with Crippen LogP contribution in [-0.2, 0) is 0 Å². The third kappa shape index (κ3) is 2.57. The number of hydrogen-bond donors (Lipinski definition) is 2. The maximum absolute atomic E-state index is 10.9. The molecule has 4 N–H and O–H groups in total. The van der Waals surface area contributed by atoms with Crippen molar-refractivity contribution in [2.75, 3.05) is 5.73 Å².